The van der Waals surface area contributed by atoms with Crippen LogP contribution in [-0.2, 0) is 0 Å². The number of nitrogens with zero attached hydrogens (tertiary/aromatic N) is 2. The number of anilines is 6. The first kappa shape index (κ1) is 46.6. The van der Waals surface area contributed by atoms with Crippen LogP contribution in [0.25, 0.3) is 54.6 Å². The van der Waals surface area contributed by atoms with Crippen molar-refractivity contribution in [2.75, 3.05) is 9.80 Å². The summed E-state index contributed by atoms with van der Waals surface area (Å²) in [6.45, 7) is 27.9. The maximum absolute atomic E-state index is 2.61. The maximum Gasteiger partial charge on any atom is 0.0543 e. The smallest absolute Gasteiger partial charge is 0.0543 e. The summed E-state index contributed by atoms with van der Waals surface area (Å²) in [6.07, 6.45) is 0. The maximum atomic E-state index is 2.61. The van der Waals surface area contributed by atoms with Gasteiger partial charge < -0.3 is 9.80 Å². The van der Waals surface area contributed by atoms with E-state index in [0.29, 0.717) is 11.8 Å². The molecule has 0 atom stereocenters. The Morgan fingerprint density at radius 2 is 0.700 bits per heavy atom. The molecule has 0 aromatic heterocycles. The first-order chi connectivity index (χ1) is 33.7. The minimum atomic E-state index is 0.273. The number of aryl methyl sites for hydroxylation is 2. The van der Waals surface area contributed by atoms with Crippen LogP contribution in [0, 0.1) is 27.7 Å². The van der Waals surface area contributed by atoms with Gasteiger partial charge in [-0.2, -0.15) is 0 Å². The Morgan fingerprint density at radius 3 is 1.06 bits per heavy atom. The number of benzene rings is 10. The van der Waals surface area contributed by atoms with Crippen LogP contribution in [0.4, 0.5) is 34.1 Å². The van der Waals surface area contributed by atoms with Crippen LogP contribution in [0.5, 0.6) is 0 Å². The van der Waals surface area contributed by atoms with Gasteiger partial charge in [-0.25, -0.2) is 0 Å². The molecule has 0 radical (unpaired) electrons. The molecule has 2 nitrogen and oxygen atoms in total. The van der Waals surface area contributed by atoms with Gasteiger partial charge in [-0.05, 0) is 176 Å². The van der Waals surface area contributed by atoms with Crippen LogP contribution in [0.1, 0.15) is 124 Å². The van der Waals surface area contributed by atoms with E-state index in [0.717, 1.165) is 0 Å². The lowest BCUT2D eigenvalue weighted by Gasteiger charge is -2.34. The zero-order chi connectivity index (χ0) is 49.1. The van der Waals surface area contributed by atoms with Crippen LogP contribution < -0.4 is 9.80 Å². The van der Waals surface area contributed by atoms with Gasteiger partial charge in [0, 0.05) is 22.1 Å². The molecule has 0 spiro atoms. The van der Waals surface area contributed by atoms with E-state index in [4.69, 9.17) is 0 Å². The van der Waals surface area contributed by atoms with Crippen molar-refractivity contribution in [3.8, 4) is 22.3 Å². The van der Waals surface area contributed by atoms with E-state index < -0.39 is 0 Å². The zero-order valence-corrected chi connectivity index (χ0v) is 43.4. The van der Waals surface area contributed by atoms with E-state index in [1.165, 1.54) is 133 Å². The molecule has 0 aliphatic heterocycles. The predicted octanol–water partition coefficient (Wildman–Crippen LogP) is 20.6. The highest BCUT2D eigenvalue weighted by Gasteiger charge is 2.29. The first-order valence-corrected chi connectivity index (χ1v) is 25.6. The Hall–Kier alpha value is -7.16. The minimum absolute atomic E-state index is 0.273. The minimum Gasteiger partial charge on any atom is -0.309 e. The highest BCUT2D eigenvalue weighted by Crippen LogP contribution is 2.53. The van der Waals surface area contributed by atoms with E-state index >= 15 is 0 Å². The highest BCUT2D eigenvalue weighted by atomic mass is 15.2. The average molecular weight is 913 g/mol. The molecule has 0 N–H and O–H groups in total. The number of hydrogen-bond donors (Lipinski definition) is 0. The van der Waals surface area contributed by atoms with Crippen molar-refractivity contribution in [2.45, 2.75) is 107 Å². The first-order valence-electron chi connectivity index (χ1n) is 25.6. The van der Waals surface area contributed by atoms with E-state index in [2.05, 4.69) is 263 Å². The van der Waals surface area contributed by atoms with Crippen LogP contribution in [0.3, 0.4) is 0 Å². The molecule has 0 unspecified atom stereocenters. The van der Waals surface area contributed by atoms with Gasteiger partial charge in [0.2, 0.25) is 0 Å². The monoisotopic (exact) mass is 913 g/mol. The normalized spacial score (nSPS) is 11.9. The quantitative estimate of drug-likeness (QED) is 0.113. The average Bonchev–Trinajstić information content (AvgIpc) is 3.36. The molecule has 0 aliphatic rings. The molecule has 10 aromatic carbocycles. The second kappa shape index (κ2) is 18.6. The van der Waals surface area contributed by atoms with Crippen molar-refractivity contribution in [3.63, 3.8) is 0 Å². The van der Waals surface area contributed by atoms with Crippen molar-refractivity contribution in [2.24, 2.45) is 0 Å². The van der Waals surface area contributed by atoms with Gasteiger partial charge in [-0.15, -0.1) is 0 Å². The molecule has 0 amide bonds. The third-order valence-corrected chi connectivity index (χ3v) is 15.1. The van der Waals surface area contributed by atoms with E-state index in [1.54, 1.807) is 0 Å². The lowest BCUT2D eigenvalue weighted by atomic mass is 9.83. The lowest BCUT2D eigenvalue weighted by molar-refractivity contribution is 0.866. The van der Waals surface area contributed by atoms with Crippen molar-refractivity contribution in [1.82, 2.24) is 0 Å². The molecule has 10 aromatic rings. The van der Waals surface area contributed by atoms with Gasteiger partial charge in [0.15, 0.2) is 0 Å². The van der Waals surface area contributed by atoms with Crippen molar-refractivity contribution >= 4 is 66.4 Å². The standard InChI is InChI=1S/C68H68N2/c1-41(2)51-25-19-27-53(37-51)69(67-45(9)29-31-55(47(67)11)49-21-15-13-16-22-49)63-39-61(43(5)6)57-34-36-60-64(40-62(44(7)8)58-33-35-59(63)65(57)66(58)60)70(54-28-20-26-52(38-54)42(3)4)68-46(10)30-32-56(48(68)12)50-23-17-14-18-24-50/h13-44H,1-12H3. The topological polar surface area (TPSA) is 6.48 Å². The zero-order valence-electron chi connectivity index (χ0n) is 43.4. The van der Waals surface area contributed by atoms with Gasteiger partial charge in [0.05, 0.1) is 22.7 Å². The van der Waals surface area contributed by atoms with Crippen LogP contribution in [-0.4, -0.2) is 0 Å². The summed E-state index contributed by atoms with van der Waals surface area (Å²) in [5.41, 5.74) is 22.6. The molecule has 0 heterocycles. The molecule has 0 saturated carbocycles. The van der Waals surface area contributed by atoms with Gasteiger partial charge in [0.1, 0.15) is 0 Å². The fourth-order valence-corrected chi connectivity index (χ4v) is 11.4. The molecular formula is C68H68N2. The van der Waals surface area contributed by atoms with Crippen molar-refractivity contribution in [3.05, 3.63) is 214 Å². The van der Waals surface area contributed by atoms with Gasteiger partial charge in [-0.3, -0.25) is 0 Å². The Labute approximate surface area is 417 Å². The third-order valence-electron chi connectivity index (χ3n) is 15.1. The van der Waals surface area contributed by atoms with Gasteiger partial charge >= 0.3 is 0 Å². The second-order valence-corrected chi connectivity index (χ2v) is 21.1. The van der Waals surface area contributed by atoms with Crippen molar-refractivity contribution in [1.29, 1.82) is 0 Å². The molecule has 0 aliphatic carbocycles. The van der Waals surface area contributed by atoms with E-state index in [9.17, 15) is 0 Å². The number of hydrogen-bond acceptors (Lipinski definition) is 2. The molecule has 2 heteroatoms. The molecule has 0 bridgehead atoms. The Bertz CT molecular complexity index is 3300. The second-order valence-electron chi connectivity index (χ2n) is 21.1. The number of rotatable bonds is 12. The summed E-state index contributed by atoms with van der Waals surface area (Å²) in [6, 6.07) is 64.5. The summed E-state index contributed by atoms with van der Waals surface area (Å²) in [5.74, 6) is 1.31. The van der Waals surface area contributed by atoms with Crippen molar-refractivity contribution < 1.29 is 0 Å². The Morgan fingerprint density at radius 1 is 0.329 bits per heavy atom. The third kappa shape index (κ3) is 8.02. The van der Waals surface area contributed by atoms with E-state index in [-0.39, 0.29) is 11.8 Å². The Balaban J connectivity index is 1.35. The van der Waals surface area contributed by atoms with Crippen LogP contribution in [0.15, 0.2) is 170 Å². The summed E-state index contributed by atoms with van der Waals surface area (Å²) in [5, 5.41) is 7.84. The van der Waals surface area contributed by atoms with Crippen LogP contribution in [0.2, 0.25) is 0 Å². The molecule has 10 rings (SSSR count). The largest absolute Gasteiger partial charge is 0.309 e. The van der Waals surface area contributed by atoms with Crippen LogP contribution >= 0.6 is 0 Å². The lowest BCUT2D eigenvalue weighted by Crippen LogP contribution is -2.16. The molecule has 0 fully saturated rings. The summed E-state index contributed by atoms with van der Waals surface area (Å²) in [4.78, 5) is 5.22. The molecular weight excluding hydrogens is 845 g/mol. The summed E-state index contributed by atoms with van der Waals surface area (Å²) in [7, 11) is 0. The highest BCUT2D eigenvalue weighted by molar-refractivity contribution is 6.29. The fraction of sp³-hybridized carbons (Fsp3) is 0.235. The van der Waals surface area contributed by atoms with Gasteiger partial charge in [-0.1, -0.05) is 189 Å². The fourth-order valence-electron chi connectivity index (χ4n) is 11.4. The molecule has 0 saturated heterocycles. The predicted molar refractivity (Wildman–Crippen MR) is 306 cm³/mol. The molecule has 70 heavy (non-hydrogen) atoms. The molecule has 350 valence electrons. The summed E-state index contributed by atoms with van der Waals surface area (Å²) >= 11 is 0. The van der Waals surface area contributed by atoms with E-state index in [1.807, 2.05) is 0 Å². The van der Waals surface area contributed by atoms with Gasteiger partial charge in [0.25, 0.3) is 0 Å². The Kier molecular flexibility index (Phi) is 12.4. The summed E-state index contributed by atoms with van der Waals surface area (Å²) < 4.78 is 0. The SMILES string of the molecule is Cc1ccc(-c2ccccc2)c(C)c1N(c1cccc(C(C)C)c1)c1cc(C(C)C)c2ccc3c(N(c4cccc(C(C)C)c4)c4c(C)ccc(-c5ccccc5)c4C)cc(C(C)C)c4ccc1c2c43.